The van der Waals surface area contributed by atoms with Crippen molar-refractivity contribution in [3.05, 3.63) is 89.0 Å². The lowest BCUT2D eigenvalue weighted by atomic mass is 10.1. The van der Waals surface area contributed by atoms with Crippen LogP contribution in [0.4, 0.5) is 11.4 Å². The number of anilines is 2. The highest BCUT2D eigenvalue weighted by atomic mass is 32.2. The Labute approximate surface area is 184 Å². The summed E-state index contributed by atoms with van der Waals surface area (Å²) in [6.45, 7) is 3.97. The molecule has 0 heterocycles. The summed E-state index contributed by atoms with van der Waals surface area (Å²) in [7, 11) is 0. The van der Waals surface area contributed by atoms with Crippen LogP contribution in [0, 0.1) is 13.8 Å². The lowest BCUT2D eigenvalue weighted by Gasteiger charge is -2.09. The highest BCUT2D eigenvalue weighted by Crippen LogP contribution is 2.22. The number of aryl methyl sites for hydroxylation is 2. The van der Waals surface area contributed by atoms with Crippen molar-refractivity contribution in [1.29, 1.82) is 0 Å². The maximum Gasteiger partial charge on any atom is 0.336 e. The van der Waals surface area contributed by atoms with Crippen LogP contribution in [0.1, 0.15) is 31.8 Å². The molecule has 0 saturated carbocycles. The fraction of sp³-hybridized carbons (Fsp3) is 0.125. The van der Waals surface area contributed by atoms with Crippen LogP contribution < -0.4 is 10.6 Å². The third-order valence-corrected chi connectivity index (χ3v) is 5.40. The van der Waals surface area contributed by atoms with Crippen molar-refractivity contribution in [2.75, 3.05) is 16.4 Å². The largest absolute Gasteiger partial charge is 0.478 e. The second-order valence-corrected chi connectivity index (χ2v) is 8.09. The van der Waals surface area contributed by atoms with E-state index in [2.05, 4.69) is 10.6 Å². The highest BCUT2D eigenvalue weighted by Gasteiger charge is 2.15. The van der Waals surface area contributed by atoms with E-state index in [0.29, 0.717) is 5.69 Å². The Morgan fingerprint density at radius 3 is 2.03 bits per heavy atom. The molecule has 3 N–H and O–H groups in total. The van der Waals surface area contributed by atoms with Gasteiger partial charge in [0.05, 0.1) is 16.9 Å². The summed E-state index contributed by atoms with van der Waals surface area (Å²) in [6.07, 6.45) is 0. The molecule has 2 amide bonds. The quantitative estimate of drug-likeness (QED) is 0.456. The first kappa shape index (κ1) is 22.1. The molecule has 0 aromatic heterocycles. The van der Waals surface area contributed by atoms with Crippen molar-refractivity contribution in [3.8, 4) is 0 Å². The van der Waals surface area contributed by atoms with E-state index in [9.17, 15) is 19.5 Å². The number of hydrogen-bond acceptors (Lipinski definition) is 4. The molecule has 158 valence electrons. The lowest BCUT2D eigenvalue weighted by Crippen LogP contribution is -2.16. The minimum Gasteiger partial charge on any atom is -0.478 e. The molecule has 6 nitrogen and oxygen atoms in total. The van der Waals surface area contributed by atoms with Crippen molar-refractivity contribution >= 4 is 40.9 Å². The number of nitrogens with one attached hydrogen (secondary N) is 2. The van der Waals surface area contributed by atoms with Crippen LogP contribution in [0.2, 0.25) is 0 Å². The molecule has 0 aliphatic heterocycles. The molecule has 0 bridgehead atoms. The summed E-state index contributed by atoms with van der Waals surface area (Å²) in [5.74, 6) is -1.49. The van der Waals surface area contributed by atoms with Gasteiger partial charge < -0.3 is 15.7 Å². The van der Waals surface area contributed by atoms with E-state index in [4.69, 9.17) is 0 Å². The predicted molar refractivity (Wildman–Crippen MR) is 123 cm³/mol. The van der Waals surface area contributed by atoms with E-state index >= 15 is 0 Å². The molecule has 31 heavy (non-hydrogen) atoms. The van der Waals surface area contributed by atoms with E-state index in [0.717, 1.165) is 21.7 Å². The van der Waals surface area contributed by atoms with Crippen molar-refractivity contribution in [2.45, 2.75) is 18.7 Å². The number of thioether (sulfide) groups is 1. The normalized spacial score (nSPS) is 10.4. The van der Waals surface area contributed by atoms with Crippen LogP contribution in [0.25, 0.3) is 0 Å². The third-order valence-electron chi connectivity index (χ3n) is 4.39. The number of benzene rings is 3. The Morgan fingerprint density at radius 1 is 0.806 bits per heavy atom. The second-order valence-electron chi connectivity index (χ2n) is 7.04. The molecule has 0 spiro atoms. The molecule has 0 fully saturated rings. The van der Waals surface area contributed by atoms with Gasteiger partial charge in [-0.15, -0.1) is 11.8 Å². The number of hydrogen-bond donors (Lipinski definition) is 3. The number of carboxylic acids is 1. The van der Waals surface area contributed by atoms with Gasteiger partial charge in [-0.05, 0) is 73.5 Å². The number of amides is 2. The zero-order valence-corrected chi connectivity index (χ0v) is 18.0. The van der Waals surface area contributed by atoms with Gasteiger partial charge in [-0.1, -0.05) is 18.2 Å². The Balaban J connectivity index is 1.56. The van der Waals surface area contributed by atoms with Gasteiger partial charge >= 0.3 is 5.97 Å². The highest BCUT2D eigenvalue weighted by molar-refractivity contribution is 8.00. The molecule has 0 aliphatic rings. The molecular weight excluding hydrogens is 412 g/mol. The first-order chi connectivity index (χ1) is 14.8. The fourth-order valence-corrected chi connectivity index (χ4v) is 3.79. The SMILES string of the molecule is Cc1cc(C)cc(NC(=O)CSc2ccc(NC(=O)c3ccccc3C(=O)O)cc2)c1. The maximum atomic E-state index is 12.4. The lowest BCUT2D eigenvalue weighted by molar-refractivity contribution is -0.113. The maximum absolute atomic E-state index is 12.4. The van der Waals surface area contributed by atoms with E-state index in [1.54, 1.807) is 36.4 Å². The Bertz CT molecular complexity index is 1110. The van der Waals surface area contributed by atoms with Crippen molar-refractivity contribution < 1.29 is 19.5 Å². The van der Waals surface area contributed by atoms with E-state index < -0.39 is 11.9 Å². The molecule has 3 aromatic rings. The molecule has 0 aliphatic carbocycles. The standard InChI is InChI=1S/C24H22N2O4S/c1-15-11-16(2)13-18(12-15)25-22(27)14-31-19-9-7-17(8-10-19)26-23(28)20-5-3-4-6-21(20)24(29)30/h3-13H,14H2,1-2H3,(H,25,27)(H,26,28)(H,29,30). The van der Waals surface area contributed by atoms with Crippen LogP contribution in [0.5, 0.6) is 0 Å². The van der Waals surface area contributed by atoms with Gasteiger partial charge in [0.25, 0.3) is 5.91 Å². The van der Waals surface area contributed by atoms with Crippen LogP contribution in [-0.4, -0.2) is 28.6 Å². The predicted octanol–water partition coefficient (Wildman–Crippen LogP) is 4.98. The molecule has 0 saturated heterocycles. The van der Waals surface area contributed by atoms with Crippen molar-refractivity contribution in [1.82, 2.24) is 0 Å². The van der Waals surface area contributed by atoms with E-state index in [1.807, 2.05) is 32.0 Å². The minimum atomic E-state index is -1.16. The summed E-state index contributed by atoms with van der Waals surface area (Å²) in [5.41, 5.74) is 3.54. The van der Waals surface area contributed by atoms with Gasteiger partial charge in [-0.25, -0.2) is 4.79 Å². The molecular formula is C24H22N2O4S. The van der Waals surface area contributed by atoms with Gasteiger partial charge in [-0.3, -0.25) is 9.59 Å². The van der Waals surface area contributed by atoms with Crippen LogP contribution in [0.3, 0.4) is 0 Å². The summed E-state index contributed by atoms with van der Waals surface area (Å²) >= 11 is 1.38. The monoisotopic (exact) mass is 434 g/mol. The Morgan fingerprint density at radius 2 is 1.42 bits per heavy atom. The zero-order chi connectivity index (χ0) is 22.4. The van der Waals surface area contributed by atoms with Crippen LogP contribution in [-0.2, 0) is 4.79 Å². The molecule has 0 unspecified atom stereocenters. The smallest absolute Gasteiger partial charge is 0.336 e. The summed E-state index contributed by atoms with van der Waals surface area (Å²) in [6, 6.07) is 19.0. The topological polar surface area (TPSA) is 95.5 Å². The number of rotatable bonds is 7. The van der Waals surface area contributed by atoms with Crippen LogP contribution >= 0.6 is 11.8 Å². The second kappa shape index (κ2) is 9.95. The molecule has 7 heteroatoms. The summed E-state index contributed by atoms with van der Waals surface area (Å²) in [5, 5.41) is 14.8. The number of carboxylic acid groups (broad SMARTS) is 1. The van der Waals surface area contributed by atoms with E-state index in [-0.39, 0.29) is 22.8 Å². The van der Waals surface area contributed by atoms with Gasteiger partial charge in [0, 0.05) is 16.3 Å². The first-order valence-corrected chi connectivity index (χ1v) is 10.5. The van der Waals surface area contributed by atoms with Crippen molar-refractivity contribution in [2.24, 2.45) is 0 Å². The van der Waals surface area contributed by atoms with Crippen molar-refractivity contribution in [3.63, 3.8) is 0 Å². The molecule has 0 radical (unpaired) electrons. The van der Waals surface area contributed by atoms with Gasteiger partial charge in [0.1, 0.15) is 0 Å². The number of aromatic carboxylic acids is 1. The van der Waals surface area contributed by atoms with Gasteiger partial charge in [0.15, 0.2) is 0 Å². The molecule has 0 atom stereocenters. The minimum absolute atomic E-state index is 0.0537. The zero-order valence-electron chi connectivity index (χ0n) is 17.1. The Kier molecular flexibility index (Phi) is 7.10. The average Bonchev–Trinajstić information content (AvgIpc) is 2.72. The Hall–Kier alpha value is -3.58. The third kappa shape index (κ3) is 6.20. The molecule has 3 rings (SSSR count). The average molecular weight is 435 g/mol. The van der Waals surface area contributed by atoms with E-state index in [1.165, 1.54) is 23.9 Å². The summed E-state index contributed by atoms with van der Waals surface area (Å²) < 4.78 is 0. The van der Waals surface area contributed by atoms with Gasteiger partial charge in [0.2, 0.25) is 5.91 Å². The summed E-state index contributed by atoms with van der Waals surface area (Å²) in [4.78, 5) is 36.8. The van der Waals surface area contributed by atoms with Gasteiger partial charge in [-0.2, -0.15) is 0 Å². The number of carbonyl (C=O) groups is 3. The number of carbonyl (C=O) groups excluding carboxylic acids is 2. The fourth-order valence-electron chi connectivity index (χ4n) is 3.09. The van der Waals surface area contributed by atoms with Crippen LogP contribution in [0.15, 0.2) is 71.6 Å². The first-order valence-electron chi connectivity index (χ1n) is 9.56. The molecule has 3 aromatic carbocycles.